The molecule has 0 aromatic heterocycles. The molecule has 174 valence electrons. The standard InChI is InChI=1S/C24H25ClN2O4S2/c1-16-14-22(33(29,30)27-20-8-6-19(25)7-9-20)12-13-23(16)31-15-24(28)26-17(2)18-4-10-21(32-3)11-5-18/h4-14,17,27H,15H2,1-3H3,(H,26,28)/t17-/m1/s1. The maximum atomic E-state index is 12.7. The lowest BCUT2D eigenvalue weighted by atomic mass is 10.1. The molecule has 0 saturated heterocycles. The lowest BCUT2D eigenvalue weighted by molar-refractivity contribution is -0.123. The van der Waals surface area contributed by atoms with Gasteiger partial charge >= 0.3 is 0 Å². The Morgan fingerprint density at radius 3 is 2.33 bits per heavy atom. The van der Waals surface area contributed by atoms with Gasteiger partial charge in [-0.05, 0) is 85.8 Å². The summed E-state index contributed by atoms with van der Waals surface area (Å²) in [5, 5.41) is 3.42. The van der Waals surface area contributed by atoms with Gasteiger partial charge in [-0.3, -0.25) is 9.52 Å². The van der Waals surface area contributed by atoms with Crippen molar-refractivity contribution in [3.8, 4) is 5.75 Å². The van der Waals surface area contributed by atoms with Crippen molar-refractivity contribution in [3.05, 3.63) is 82.9 Å². The van der Waals surface area contributed by atoms with Crippen LogP contribution < -0.4 is 14.8 Å². The molecule has 0 aliphatic heterocycles. The van der Waals surface area contributed by atoms with Gasteiger partial charge in [0.05, 0.1) is 10.9 Å². The largest absolute Gasteiger partial charge is 0.484 e. The number of nitrogens with one attached hydrogen (secondary N) is 2. The maximum Gasteiger partial charge on any atom is 0.261 e. The van der Waals surface area contributed by atoms with Gasteiger partial charge in [-0.25, -0.2) is 8.42 Å². The molecular formula is C24H25ClN2O4S2. The SMILES string of the molecule is CSc1ccc([C@@H](C)NC(=O)COc2ccc(S(=O)(=O)Nc3ccc(Cl)cc3)cc2C)cc1. The summed E-state index contributed by atoms with van der Waals surface area (Å²) in [4.78, 5) is 13.6. The minimum Gasteiger partial charge on any atom is -0.484 e. The summed E-state index contributed by atoms with van der Waals surface area (Å²) in [6, 6.07) is 18.7. The number of ether oxygens (including phenoxy) is 1. The van der Waals surface area contributed by atoms with Gasteiger partial charge in [0.25, 0.3) is 15.9 Å². The van der Waals surface area contributed by atoms with Gasteiger partial charge in [0.1, 0.15) is 5.75 Å². The van der Waals surface area contributed by atoms with Crippen LogP contribution in [-0.2, 0) is 14.8 Å². The Morgan fingerprint density at radius 1 is 1.06 bits per heavy atom. The molecule has 0 fully saturated rings. The molecule has 1 atom stereocenters. The second kappa shape index (κ2) is 11.0. The third-order valence-corrected chi connectivity index (χ3v) is 7.28. The molecule has 3 aromatic carbocycles. The zero-order valence-corrected chi connectivity index (χ0v) is 20.9. The first kappa shape index (κ1) is 25.0. The van der Waals surface area contributed by atoms with Gasteiger partial charge in [-0.15, -0.1) is 11.8 Å². The van der Waals surface area contributed by atoms with E-state index in [0.717, 1.165) is 10.5 Å². The molecule has 0 unspecified atom stereocenters. The number of rotatable bonds is 9. The molecule has 3 rings (SSSR count). The summed E-state index contributed by atoms with van der Waals surface area (Å²) in [5.41, 5.74) is 2.01. The highest BCUT2D eigenvalue weighted by Crippen LogP contribution is 2.24. The van der Waals surface area contributed by atoms with Crippen molar-refractivity contribution >= 4 is 45.0 Å². The first-order valence-electron chi connectivity index (χ1n) is 10.1. The highest BCUT2D eigenvalue weighted by molar-refractivity contribution is 7.98. The Kier molecular flexibility index (Phi) is 8.29. The fourth-order valence-corrected chi connectivity index (χ4v) is 4.76. The number of benzene rings is 3. The lowest BCUT2D eigenvalue weighted by Gasteiger charge is -2.16. The van der Waals surface area contributed by atoms with E-state index in [9.17, 15) is 13.2 Å². The molecule has 6 nitrogen and oxygen atoms in total. The van der Waals surface area contributed by atoms with Crippen molar-refractivity contribution < 1.29 is 17.9 Å². The van der Waals surface area contributed by atoms with Crippen LogP contribution in [0.3, 0.4) is 0 Å². The number of hydrogen-bond acceptors (Lipinski definition) is 5. The highest BCUT2D eigenvalue weighted by atomic mass is 35.5. The Balaban J connectivity index is 1.59. The number of aryl methyl sites for hydroxylation is 1. The smallest absolute Gasteiger partial charge is 0.261 e. The summed E-state index contributed by atoms with van der Waals surface area (Å²) >= 11 is 7.50. The zero-order chi connectivity index (χ0) is 24.0. The van der Waals surface area contributed by atoms with Gasteiger partial charge in [-0.1, -0.05) is 23.7 Å². The van der Waals surface area contributed by atoms with Crippen LogP contribution in [0.15, 0.2) is 76.5 Å². The van der Waals surface area contributed by atoms with Crippen LogP contribution in [0.1, 0.15) is 24.1 Å². The van der Waals surface area contributed by atoms with E-state index in [2.05, 4.69) is 10.0 Å². The average molecular weight is 505 g/mol. The zero-order valence-electron chi connectivity index (χ0n) is 18.5. The predicted molar refractivity (Wildman–Crippen MR) is 134 cm³/mol. The summed E-state index contributed by atoms with van der Waals surface area (Å²) in [5.74, 6) is 0.171. The normalized spacial score (nSPS) is 12.1. The Morgan fingerprint density at radius 2 is 1.73 bits per heavy atom. The third kappa shape index (κ3) is 6.90. The van der Waals surface area contributed by atoms with Crippen LogP contribution in [0.5, 0.6) is 5.75 Å². The topological polar surface area (TPSA) is 84.5 Å². The van der Waals surface area contributed by atoms with Gasteiger partial charge in [0.2, 0.25) is 0 Å². The van der Waals surface area contributed by atoms with Gasteiger partial charge in [0.15, 0.2) is 6.61 Å². The number of carbonyl (C=O) groups is 1. The molecule has 0 heterocycles. The number of carbonyl (C=O) groups excluding carboxylic acids is 1. The Labute approximate surface area is 203 Å². The van der Waals surface area contributed by atoms with Crippen molar-refractivity contribution in [2.45, 2.75) is 29.7 Å². The van der Waals surface area contributed by atoms with E-state index in [0.29, 0.717) is 22.0 Å². The van der Waals surface area contributed by atoms with E-state index >= 15 is 0 Å². The fourth-order valence-electron chi connectivity index (χ4n) is 3.09. The molecule has 0 aliphatic rings. The van der Waals surface area contributed by atoms with Gasteiger partial charge in [0, 0.05) is 15.6 Å². The van der Waals surface area contributed by atoms with Gasteiger partial charge in [-0.2, -0.15) is 0 Å². The van der Waals surface area contributed by atoms with E-state index in [4.69, 9.17) is 16.3 Å². The minimum atomic E-state index is -3.78. The second-order valence-electron chi connectivity index (χ2n) is 7.39. The minimum absolute atomic E-state index is 0.0917. The molecule has 0 aliphatic carbocycles. The molecule has 1 amide bonds. The molecule has 2 N–H and O–H groups in total. The van der Waals surface area contributed by atoms with E-state index in [1.807, 2.05) is 37.4 Å². The number of thioether (sulfide) groups is 1. The number of halogens is 1. The number of sulfonamides is 1. The average Bonchev–Trinajstić information content (AvgIpc) is 2.79. The van der Waals surface area contributed by atoms with Gasteiger partial charge < -0.3 is 10.1 Å². The van der Waals surface area contributed by atoms with Crippen LogP contribution in [0, 0.1) is 6.92 Å². The third-order valence-electron chi connectivity index (χ3n) is 4.91. The molecule has 0 bridgehead atoms. The first-order valence-corrected chi connectivity index (χ1v) is 13.2. The summed E-state index contributed by atoms with van der Waals surface area (Å²) in [6.45, 7) is 3.46. The van der Waals surface area contributed by atoms with Crippen molar-refractivity contribution in [2.24, 2.45) is 0 Å². The van der Waals surface area contributed by atoms with Crippen LogP contribution >= 0.6 is 23.4 Å². The summed E-state index contributed by atoms with van der Waals surface area (Å²) in [6.07, 6.45) is 2.01. The fraction of sp³-hybridized carbons (Fsp3) is 0.208. The molecule has 0 saturated carbocycles. The maximum absolute atomic E-state index is 12.7. The van der Waals surface area contributed by atoms with E-state index in [-0.39, 0.29) is 23.5 Å². The van der Waals surface area contributed by atoms with Crippen LogP contribution in [0.2, 0.25) is 5.02 Å². The van der Waals surface area contributed by atoms with E-state index in [1.54, 1.807) is 49.0 Å². The number of amides is 1. The molecule has 33 heavy (non-hydrogen) atoms. The molecule has 0 radical (unpaired) electrons. The van der Waals surface area contributed by atoms with Crippen LogP contribution in [-0.4, -0.2) is 27.2 Å². The second-order valence-corrected chi connectivity index (χ2v) is 10.4. The monoisotopic (exact) mass is 504 g/mol. The van der Waals surface area contributed by atoms with Crippen molar-refractivity contribution in [2.75, 3.05) is 17.6 Å². The predicted octanol–water partition coefficient (Wildman–Crippen LogP) is 5.43. The summed E-state index contributed by atoms with van der Waals surface area (Å²) < 4.78 is 33.5. The van der Waals surface area contributed by atoms with Crippen LogP contribution in [0.25, 0.3) is 0 Å². The van der Waals surface area contributed by atoms with Crippen molar-refractivity contribution in [1.29, 1.82) is 0 Å². The van der Waals surface area contributed by atoms with E-state index < -0.39 is 10.0 Å². The molecular weight excluding hydrogens is 480 g/mol. The number of anilines is 1. The highest BCUT2D eigenvalue weighted by Gasteiger charge is 2.17. The summed E-state index contributed by atoms with van der Waals surface area (Å²) in [7, 11) is -3.78. The van der Waals surface area contributed by atoms with E-state index in [1.165, 1.54) is 12.1 Å². The molecule has 0 spiro atoms. The Bertz CT molecular complexity index is 1210. The van der Waals surface area contributed by atoms with Crippen LogP contribution in [0.4, 0.5) is 5.69 Å². The molecule has 3 aromatic rings. The number of hydrogen-bond donors (Lipinski definition) is 2. The quantitative estimate of drug-likeness (QED) is 0.380. The Hall–Kier alpha value is -2.68. The molecule has 9 heteroatoms. The van der Waals surface area contributed by atoms with Crippen molar-refractivity contribution in [1.82, 2.24) is 5.32 Å². The van der Waals surface area contributed by atoms with Crippen molar-refractivity contribution in [3.63, 3.8) is 0 Å². The first-order chi connectivity index (χ1) is 15.7. The lowest BCUT2D eigenvalue weighted by Crippen LogP contribution is -2.31.